The highest BCUT2D eigenvalue weighted by atomic mass is 79.9. The third-order valence-electron chi connectivity index (χ3n) is 2.44. The van der Waals surface area contributed by atoms with Crippen LogP contribution in [-0.2, 0) is 10.0 Å². The first kappa shape index (κ1) is 16.0. The molecule has 1 aromatic carbocycles. The number of carboxylic acids is 1. The zero-order chi connectivity index (χ0) is 14.6. The molecule has 0 radical (unpaired) electrons. The Morgan fingerprint density at radius 2 is 2.05 bits per heavy atom. The van der Waals surface area contributed by atoms with E-state index in [1.807, 2.05) is 13.8 Å². The van der Waals surface area contributed by atoms with E-state index in [2.05, 4.69) is 20.7 Å². The number of carboxylic acid groups (broad SMARTS) is 1. The average molecular weight is 350 g/mol. The number of aromatic carboxylic acids is 1. The molecule has 0 saturated heterocycles. The van der Waals surface area contributed by atoms with Gasteiger partial charge in [0, 0.05) is 4.47 Å². The Hall–Kier alpha value is -1.08. The van der Waals surface area contributed by atoms with Gasteiger partial charge in [-0.15, -0.1) is 0 Å². The van der Waals surface area contributed by atoms with Gasteiger partial charge in [-0.1, -0.05) is 29.8 Å². The summed E-state index contributed by atoms with van der Waals surface area (Å²) in [6.45, 7) is 3.86. The monoisotopic (exact) mass is 349 g/mol. The minimum atomic E-state index is -3.53. The van der Waals surface area contributed by atoms with Crippen molar-refractivity contribution in [3.63, 3.8) is 0 Å². The lowest BCUT2D eigenvalue weighted by Gasteiger charge is -2.11. The van der Waals surface area contributed by atoms with Gasteiger partial charge in [-0.3, -0.25) is 4.72 Å². The lowest BCUT2D eigenvalue weighted by atomic mass is 10.2. The standard InChI is InChI=1S/C12H16BrNO4S/c1-8(2)5-6-19(17,18)14-11-4-3-9(13)7-10(11)12(15)16/h3-4,7-8,14H,5-6H2,1-2H3,(H,15,16). The molecule has 0 amide bonds. The second-order valence-electron chi connectivity index (χ2n) is 4.60. The molecule has 1 aromatic rings. The summed E-state index contributed by atoms with van der Waals surface area (Å²) in [5.41, 5.74) is 0.00181. The molecule has 0 atom stereocenters. The van der Waals surface area contributed by atoms with Crippen molar-refractivity contribution in [3.8, 4) is 0 Å². The zero-order valence-corrected chi connectivity index (χ0v) is 13.1. The smallest absolute Gasteiger partial charge is 0.337 e. The number of hydrogen-bond donors (Lipinski definition) is 2. The molecule has 7 heteroatoms. The molecule has 0 saturated carbocycles. The van der Waals surface area contributed by atoms with Crippen LogP contribution in [0, 0.1) is 5.92 Å². The predicted molar refractivity (Wildman–Crippen MR) is 78.0 cm³/mol. The normalized spacial score (nSPS) is 11.6. The summed E-state index contributed by atoms with van der Waals surface area (Å²) in [5, 5.41) is 9.05. The number of nitrogens with one attached hydrogen (secondary N) is 1. The van der Waals surface area contributed by atoms with Gasteiger partial charge in [-0.2, -0.15) is 0 Å². The van der Waals surface area contributed by atoms with Crippen LogP contribution in [0.2, 0.25) is 0 Å². The second-order valence-corrected chi connectivity index (χ2v) is 7.36. The highest BCUT2D eigenvalue weighted by Gasteiger charge is 2.17. The molecule has 0 spiro atoms. The first-order valence-corrected chi connectivity index (χ1v) is 8.19. The van der Waals surface area contributed by atoms with Crippen molar-refractivity contribution in [2.75, 3.05) is 10.5 Å². The van der Waals surface area contributed by atoms with E-state index >= 15 is 0 Å². The van der Waals surface area contributed by atoms with Crippen molar-refractivity contribution in [1.29, 1.82) is 0 Å². The van der Waals surface area contributed by atoms with Gasteiger partial charge < -0.3 is 5.11 Å². The van der Waals surface area contributed by atoms with Gasteiger partial charge in [0.2, 0.25) is 10.0 Å². The molecule has 2 N–H and O–H groups in total. The van der Waals surface area contributed by atoms with E-state index < -0.39 is 16.0 Å². The summed E-state index contributed by atoms with van der Waals surface area (Å²) in [5.74, 6) is -0.942. The molecule has 0 aliphatic rings. The van der Waals surface area contributed by atoms with Crippen LogP contribution >= 0.6 is 15.9 Å². The number of carbonyl (C=O) groups is 1. The van der Waals surface area contributed by atoms with Gasteiger partial charge in [-0.05, 0) is 30.5 Å². The average Bonchev–Trinajstić information content (AvgIpc) is 2.28. The van der Waals surface area contributed by atoms with Crippen LogP contribution in [-0.4, -0.2) is 25.2 Å². The Labute approximate surface area is 121 Å². The number of hydrogen-bond acceptors (Lipinski definition) is 3. The molecule has 0 aromatic heterocycles. The van der Waals surface area contributed by atoms with Gasteiger partial charge in [-0.25, -0.2) is 13.2 Å². The third-order valence-corrected chi connectivity index (χ3v) is 4.24. The van der Waals surface area contributed by atoms with Crippen LogP contribution in [0.4, 0.5) is 5.69 Å². The molecule has 0 unspecified atom stereocenters. The molecular weight excluding hydrogens is 334 g/mol. The molecule has 0 heterocycles. The van der Waals surface area contributed by atoms with E-state index in [0.717, 1.165) is 0 Å². The summed E-state index contributed by atoms with van der Waals surface area (Å²) in [6, 6.07) is 4.38. The summed E-state index contributed by atoms with van der Waals surface area (Å²) in [6.07, 6.45) is 0.522. The number of benzene rings is 1. The topological polar surface area (TPSA) is 83.5 Å². The Morgan fingerprint density at radius 1 is 1.42 bits per heavy atom. The fourth-order valence-corrected chi connectivity index (χ4v) is 3.15. The molecule has 0 aliphatic carbocycles. The van der Waals surface area contributed by atoms with E-state index in [0.29, 0.717) is 10.9 Å². The molecule has 0 aliphatic heterocycles. The van der Waals surface area contributed by atoms with Gasteiger partial charge >= 0.3 is 5.97 Å². The van der Waals surface area contributed by atoms with Gasteiger partial charge in [0.15, 0.2) is 0 Å². The van der Waals surface area contributed by atoms with Crippen molar-refractivity contribution in [3.05, 3.63) is 28.2 Å². The van der Waals surface area contributed by atoms with E-state index in [4.69, 9.17) is 5.11 Å². The first-order valence-electron chi connectivity index (χ1n) is 5.74. The van der Waals surface area contributed by atoms with Crippen LogP contribution in [0.25, 0.3) is 0 Å². The minimum absolute atomic E-state index is 0.0280. The van der Waals surface area contributed by atoms with Gasteiger partial charge in [0.1, 0.15) is 0 Å². The highest BCUT2D eigenvalue weighted by Crippen LogP contribution is 2.22. The molecule has 106 valence electrons. The molecule has 5 nitrogen and oxygen atoms in total. The Kier molecular flexibility index (Phi) is 5.37. The van der Waals surface area contributed by atoms with Crippen molar-refractivity contribution in [2.45, 2.75) is 20.3 Å². The molecule has 19 heavy (non-hydrogen) atoms. The molecular formula is C12H16BrNO4S. The molecule has 0 bridgehead atoms. The third kappa shape index (κ3) is 5.20. The van der Waals surface area contributed by atoms with Crippen LogP contribution in [0.5, 0.6) is 0 Å². The molecule has 1 rings (SSSR count). The first-order chi connectivity index (χ1) is 8.71. The summed E-state index contributed by atoms with van der Waals surface area (Å²) >= 11 is 3.15. The predicted octanol–water partition coefficient (Wildman–Crippen LogP) is 2.94. The number of anilines is 1. The van der Waals surface area contributed by atoms with E-state index in [1.165, 1.54) is 12.1 Å². The highest BCUT2D eigenvalue weighted by molar-refractivity contribution is 9.10. The van der Waals surface area contributed by atoms with Crippen molar-refractivity contribution >= 4 is 37.6 Å². The fourth-order valence-electron chi connectivity index (χ4n) is 1.39. The summed E-state index contributed by atoms with van der Waals surface area (Å²) in [4.78, 5) is 11.1. The van der Waals surface area contributed by atoms with Gasteiger partial charge in [0.05, 0.1) is 17.0 Å². The number of halogens is 1. The maximum atomic E-state index is 11.8. The van der Waals surface area contributed by atoms with Gasteiger partial charge in [0.25, 0.3) is 0 Å². The van der Waals surface area contributed by atoms with Crippen LogP contribution in [0.3, 0.4) is 0 Å². The van der Waals surface area contributed by atoms with Crippen molar-refractivity contribution in [2.24, 2.45) is 5.92 Å². The largest absolute Gasteiger partial charge is 0.478 e. The van der Waals surface area contributed by atoms with Crippen LogP contribution in [0.1, 0.15) is 30.6 Å². The zero-order valence-electron chi connectivity index (χ0n) is 10.7. The Bertz CT molecular complexity index is 569. The van der Waals surface area contributed by atoms with Crippen molar-refractivity contribution < 1.29 is 18.3 Å². The number of rotatable bonds is 6. The lowest BCUT2D eigenvalue weighted by molar-refractivity contribution is 0.0698. The van der Waals surface area contributed by atoms with Crippen LogP contribution in [0.15, 0.2) is 22.7 Å². The minimum Gasteiger partial charge on any atom is -0.478 e. The van der Waals surface area contributed by atoms with E-state index in [-0.39, 0.29) is 22.9 Å². The van der Waals surface area contributed by atoms with Crippen molar-refractivity contribution in [1.82, 2.24) is 0 Å². The van der Waals surface area contributed by atoms with Crippen LogP contribution < -0.4 is 4.72 Å². The second kappa shape index (κ2) is 6.38. The van der Waals surface area contributed by atoms with E-state index in [1.54, 1.807) is 6.07 Å². The summed E-state index contributed by atoms with van der Waals surface area (Å²) < 4.78 is 26.6. The maximum Gasteiger partial charge on any atom is 0.337 e. The number of sulfonamides is 1. The fraction of sp³-hybridized carbons (Fsp3) is 0.417. The SMILES string of the molecule is CC(C)CCS(=O)(=O)Nc1ccc(Br)cc1C(=O)O. The van der Waals surface area contributed by atoms with E-state index in [9.17, 15) is 13.2 Å². The Morgan fingerprint density at radius 3 is 2.58 bits per heavy atom. The maximum absolute atomic E-state index is 11.8. The quantitative estimate of drug-likeness (QED) is 0.826. The Balaban J connectivity index is 2.96. The lowest BCUT2D eigenvalue weighted by Crippen LogP contribution is -2.19. The summed E-state index contributed by atoms with van der Waals surface area (Å²) in [7, 11) is -3.53. The molecule has 0 fully saturated rings.